The van der Waals surface area contributed by atoms with Gasteiger partial charge in [0.25, 0.3) is 0 Å². The third kappa shape index (κ3) is 5.11. The minimum atomic E-state index is -3.97. The summed E-state index contributed by atoms with van der Waals surface area (Å²) in [6, 6.07) is 0. The molecule has 5 heteroatoms. The first-order valence-electron chi connectivity index (χ1n) is 4.93. The molecule has 0 amide bonds. The highest BCUT2D eigenvalue weighted by Gasteiger charge is 2.36. The summed E-state index contributed by atoms with van der Waals surface area (Å²) in [5, 5.41) is 2.25. The minimum absolute atomic E-state index is 0.490. The summed E-state index contributed by atoms with van der Waals surface area (Å²) in [6.45, 7) is 8.94. The van der Waals surface area contributed by atoms with Crippen LogP contribution in [0.15, 0.2) is 0 Å². The Morgan fingerprint density at radius 1 is 1.36 bits per heavy atom. The molecule has 0 aromatic heterocycles. The van der Waals surface area contributed by atoms with Crippen molar-refractivity contribution >= 4 is 7.60 Å². The van der Waals surface area contributed by atoms with Crippen molar-refractivity contribution in [3.05, 3.63) is 0 Å². The molecule has 0 heterocycles. The van der Waals surface area contributed by atoms with Gasteiger partial charge in [0.1, 0.15) is 0 Å². The number of rotatable bonds is 6. The highest BCUT2D eigenvalue weighted by molar-refractivity contribution is 7.53. The molecule has 4 nitrogen and oxygen atoms in total. The second-order valence-electron chi connectivity index (χ2n) is 4.70. The van der Waals surface area contributed by atoms with E-state index in [2.05, 4.69) is 19.2 Å². The molecule has 0 fully saturated rings. The standard InChI is InChI=1S/C9H22NO3P/c1-8(2)7-10-6-5-9(3,4)14(11,12)13/h8,10H,5-7H2,1-4H3,(H2,11,12,13). The zero-order valence-corrected chi connectivity index (χ0v) is 10.3. The molecule has 0 saturated carbocycles. The molecule has 0 spiro atoms. The fourth-order valence-electron chi connectivity index (χ4n) is 0.931. The van der Waals surface area contributed by atoms with E-state index < -0.39 is 12.8 Å². The van der Waals surface area contributed by atoms with Crippen LogP contribution in [0.5, 0.6) is 0 Å². The predicted octanol–water partition coefficient (Wildman–Crippen LogP) is 1.58. The Morgan fingerprint density at radius 3 is 2.21 bits per heavy atom. The van der Waals surface area contributed by atoms with E-state index in [1.165, 1.54) is 0 Å². The SMILES string of the molecule is CC(C)CNCCC(C)(C)P(=O)(O)O. The zero-order chi connectivity index (χ0) is 11.4. The average molecular weight is 223 g/mol. The second kappa shape index (κ2) is 5.26. The Labute approximate surface area is 86.3 Å². The lowest BCUT2D eigenvalue weighted by atomic mass is 10.1. The van der Waals surface area contributed by atoms with Crippen molar-refractivity contribution in [3.63, 3.8) is 0 Å². The number of hydrogen-bond acceptors (Lipinski definition) is 2. The molecule has 0 radical (unpaired) electrons. The normalized spacial score (nSPS) is 13.6. The maximum absolute atomic E-state index is 11.0. The predicted molar refractivity (Wildman–Crippen MR) is 58.4 cm³/mol. The molecule has 0 saturated heterocycles. The van der Waals surface area contributed by atoms with E-state index in [1.54, 1.807) is 13.8 Å². The van der Waals surface area contributed by atoms with Crippen molar-refractivity contribution in [3.8, 4) is 0 Å². The maximum Gasteiger partial charge on any atom is 0.331 e. The molecule has 0 aromatic rings. The van der Waals surface area contributed by atoms with E-state index in [-0.39, 0.29) is 0 Å². The lowest BCUT2D eigenvalue weighted by Crippen LogP contribution is -2.29. The van der Waals surface area contributed by atoms with Crippen molar-refractivity contribution in [2.75, 3.05) is 13.1 Å². The summed E-state index contributed by atoms with van der Waals surface area (Å²) >= 11 is 0. The van der Waals surface area contributed by atoms with Gasteiger partial charge in [0.15, 0.2) is 0 Å². The monoisotopic (exact) mass is 223 g/mol. The van der Waals surface area contributed by atoms with Crippen LogP contribution >= 0.6 is 7.60 Å². The molecule has 14 heavy (non-hydrogen) atoms. The van der Waals surface area contributed by atoms with Crippen LogP contribution in [0.1, 0.15) is 34.1 Å². The van der Waals surface area contributed by atoms with Crippen LogP contribution in [0.25, 0.3) is 0 Å². The molecule has 3 N–H and O–H groups in total. The van der Waals surface area contributed by atoms with Gasteiger partial charge in [-0.25, -0.2) is 0 Å². The van der Waals surface area contributed by atoms with Crippen LogP contribution in [-0.2, 0) is 4.57 Å². The lowest BCUT2D eigenvalue weighted by molar-refractivity contribution is 0.328. The van der Waals surface area contributed by atoms with E-state index >= 15 is 0 Å². The van der Waals surface area contributed by atoms with Gasteiger partial charge >= 0.3 is 7.60 Å². The number of nitrogens with one attached hydrogen (secondary N) is 1. The van der Waals surface area contributed by atoms with Crippen molar-refractivity contribution in [1.82, 2.24) is 5.32 Å². The molecule has 0 aliphatic heterocycles. The van der Waals surface area contributed by atoms with E-state index in [4.69, 9.17) is 9.79 Å². The average Bonchev–Trinajstić information content (AvgIpc) is 1.95. The van der Waals surface area contributed by atoms with Gasteiger partial charge in [-0.05, 0) is 39.3 Å². The summed E-state index contributed by atoms with van der Waals surface area (Å²) in [6.07, 6.45) is 0.490. The Hall–Kier alpha value is 0.110. The van der Waals surface area contributed by atoms with Crippen molar-refractivity contribution in [1.29, 1.82) is 0 Å². The first-order valence-corrected chi connectivity index (χ1v) is 6.54. The Kier molecular flexibility index (Phi) is 5.31. The molecule has 0 rings (SSSR count). The van der Waals surface area contributed by atoms with E-state index in [0.717, 1.165) is 6.54 Å². The van der Waals surface area contributed by atoms with Crippen LogP contribution in [0.2, 0.25) is 0 Å². The summed E-state index contributed by atoms with van der Waals surface area (Å²) in [5.74, 6) is 0.563. The van der Waals surface area contributed by atoms with Gasteiger partial charge in [-0.3, -0.25) is 4.57 Å². The van der Waals surface area contributed by atoms with Gasteiger partial charge in [-0.1, -0.05) is 13.8 Å². The topological polar surface area (TPSA) is 69.6 Å². The van der Waals surface area contributed by atoms with Crippen molar-refractivity contribution in [2.24, 2.45) is 5.92 Å². The largest absolute Gasteiger partial charge is 0.331 e. The molecule has 0 unspecified atom stereocenters. The quantitative estimate of drug-likeness (QED) is 0.472. The second-order valence-corrected chi connectivity index (χ2v) is 7.00. The van der Waals surface area contributed by atoms with Gasteiger partial charge < -0.3 is 15.1 Å². The van der Waals surface area contributed by atoms with Crippen LogP contribution in [0.3, 0.4) is 0 Å². The summed E-state index contributed by atoms with van der Waals surface area (Å²) in [5.41, 5.74) is 0. The molecule has 86 valence electrons. The number of hydrogen-bond donors (Lipinski definition) is 3. The van der Waals surface area contributed by atoms with Crippen LogP contribution in [0.4, 0.5) is 0 Å². The fraction of sp³-hybridized carbons (Fsp3) is 1.00. The van der Waals surface area contributed by atoms with Gasteiger partial charge in [-0.15, -0.1) is 0 Å². The third-order valence-electron chi connectivity index (χ3n) is 2.25. The minimum Gasteiger partial charge on any atom is -0.324 e. The third-order valence-corrected chi connectivity index (χ3v) is 4.06. The molecule has 0 atom stereocenters. The highest BCUT2D eigenvalue weighted by Crippen LogP contribution is 2.51. The maximum atomic E-state index is 11.0. The first-order chi connectivity index (χ1) is 6.17. The van der Waals surface area contributed by atoms with Gasteiger partial charge in [0.2, 0.25) is 0 Å². The van der Waals surface area contributed by atoms with Crippen LogP contribution in [-0.4, -0.2) is 28.0 Å². The van der Waals surface area contributed by atoms with Gasteiger partial charge in [-0.2, -0.15) is 0 Å². The van der Waals surface area contributed by atoms with Crippen molar-refractivity contribution < 1.29 is 14.4 Å². The van der Waals surface area contributed by atoms with E-state index in [9.17, 15) is 4.57 Å². The summed E-state index contributed by atoms with van der Waals surface area (Å²) in [4.78, 5) is 18.1. The van der Waals surface area contributed by atoms with Gasteiger partial charge in [0, 0.05) is 0 Å². The summed E-state index contributed by atoms with van der Waals surface area (Å²) in [7, 11) is -3.97. The van der Waals surface area contributed by atoms with Crippen molar-refractivity contribution in [2.45, 2.75) is 39.3 Å². The van der Waals surface area contributed by atoms with Gasteiger partial charge in [0.05, 0.1) is 5.16 Å². The fourth-order valence-corrected chi connectivity index (χ4v) is 1.33. The molecule has 0 aromatic carbocycles. The highest BCUT2D eigenvalue weighted by atomic mass is 31.2. The molecular weight excluding hydrogens is 201 g/mol. The molecular formula is C9H22NO3P. The van der Waals surface area contributed by atoms with E-state index in [0.29, 0.717) is 18.9 Å². The molecule has 0 aliphatic carbocycles. The van der Waals surface area contributed by atoms with E-state index in [1.807, 2.05) is 0 Å². The summed E-state index contributed by atoms with van der Waals surface area (Å²) < 4.78 is 11.0. The lowest BCUT2D eigenvalue weighted by Gasteiger charge is -2.25. The Bertz CT molecular complexity index is 210. The van der Waals surface area contributed by atoms with Crippen LogP contribution in [0, 0.1) is 5.92 Å². The Morgan fingerprint density at radius 2 is 1.86 bits per heavy atom. The zero-order valence-electron chi connectivity index (χ0n) is 9.45. The first kappa shape index (κ1) is 14.1. The molecule has 0 bridgehead atoms. The van der Waals surface area contributed by atoms with Crippen LogP contribution < -0.4 is 5.32 Å². The Balaban J connectivity index is 3.84. The smallest absolute Gasteiger partial charge is 0.324 e. The molecule has 0 aliphatic rings.